The summed E-state index contributed by atoms with van der Waals surface area (Å²) in [5.74, 6) is -1.66. The molecule has 0 unspecified atom stereocenters. The molecule has 0 aromatic heterocycles. The van der Waals surface area contributed by atoms with Crippen LogP contribution in [0, 0.1) is 0 Å². The van der Waals surface area contributed by atoms with E-state index in [9.17, 15) is 19.5 Å². The van der Waals surface area contributed by atoms with Crippen LogP contribution in [0.3, 0.4) is 0 Å². The average molecular weight is 354 g/mol. The summed E-state index contributed by atoms with van der Waals surface area (Å²) in [6.07, 6.45) is -3.49. The third kappa shape index (κ3) is 6.77. The molecule has 0 aliphatic heterocycles. The van der Waals surface area contributed by atoms with Crippen molar-refractivity contribution in [1.29, 1.82) is 0 Å². The number of carbonyl (C=O) groups is 3. The predicted molar refractivity (Wildman–Crippen MR) is 86.2 cm³/mol. The van der Waals surface area contributed by atoms with Crippen molar-refractivity contribution in [3.05, 3.63) is 35.9 Å². The number of ether oxygens (including phenoxy) is 3. The molecule has 3 atom stereocenters. The van der Waals surface area contributed by atoms with Gasteiger partial charge in [0.1, 0.15) is 12.6 Å². The van der Waals surface area contributed by atoms with Crippen LogP contribution < -0.4 is 10.6 Å². The zero-order valence-corrected chi connectivity index (χ0v) is 14.2. The predicted octanol–water partition coefficient (Wildman–Crippen LogP) is -0.0761. The Bertz CT molecular complexity index is 577. The first-order chi connectivity index (χ1) is 11.9. The van der Waals surface area contributed by atoms with Gasteiger partial charge in [-0.15, -0.1) is 0 Å². The molecular formula is C16H22N2O7. The Kier molecular flexibility index (Phi) is 8.37. The van der Waals surface area contributed by atoms with Crippen molar-refractivity contribution < 1.29 is 33.7 Å². The Morgan fingerprint density at radius 1 is 1.12 bits per heavy atom. The number of aliphatic hydroxyl groups excluding tert-OH is 1. The van der Waals surface area contributed by atoms with Gasteiger partial charge in [-0.1, -0.05) is 30.3 Å². The second-order valence-corrected chi connectivity index (χ2v) is 5.07. The lowest BCUT2D eigenvalue weighted by atomic mass is 10.1. The Balaban J connectivity index is 2.61. The van der Waals surface area contributed by atoms with Gasteiger partial charge < -0.3 is 30.0 Å². The molecule has 3 N–H and O–H groups in total. The smallest absolute Gasteiger partial charge is 0.408 e. The van der Waals surface area contributed by atoms with E-state index in [1.807, 2.05) is 6.07 Å². The molecule has 9 nitrogen and oxygen atoms in total. The lowest BCUT2D eigenvalue weighted by Crippen LogP contribution is -2.56. The van der Waals surface area contributed by atoms with Crippen molar-refractivity contribution in [1.82, 2.24) is 10.6 Å². The summed E-state index contributed by atoms with van der Waals surface area (Å²) in [5.41, 5.74) is 0.765. The highest BCUT2D eigenvalue weighted by Gasteiger charge is 2.30. The number of carbonyl (C=O) groups excluding carboxylic acids is 3. The molecule has 25 heavy (non-hydrogen) atoms. The fourth-order valence-corrected chi connectivity index (χ4v) is 1.84. The van der Waals surface area contributed by atoms with Crippen molar-refractivity contribution in [3.63, 3.8) is 0 Å². The number of nitrogens with one attached hydrogen (secondary N) is 2. The molecule has 2 amide bonds. The maximum atomic E-state index is 12.2. The van der Waals surface area contributed by atoms with Crippen LogP contribution in [0.1, 0.15) is 12.5 Å². The third-order valence-electron chi connectivity index (χ3n) is 3.18. The standard InChI is InChI=1S/C16H22N2O7/c1-10(19)12(13(20)18-14(23-2)15(21)24-3)17-16(22)25-9-11-7-5-4-6-8-11/h4-8,10,12,14,19H,9H2,1-3H3,(H,17,22)(H,18,20)/t10-,12+,14-/m1/s1. The largest absolute Gasteiger partial charge is 0.466 e. The average Bonchev–Trinajstić information content (AvgIpc) is 2.62. The minimum atomic E-state index is -1.36. The molecule has 1 aromatic rings. The number of esters is 1. The van der Waals surface area contributed by atoms with Crippen molar-refractivity contribution in [2.75, 3.05) is 14.2 Å². The second kappa shape index (κ2) is 10.3. The summed E-state index contributed by atoms with van der Waals surface area (Å²) in [4.78, 5) is 35.4. The van der Waals surface area contributed by atoms with E-state index >= 15 is 0 Å². The van der Waals surface area contributed by atoms with Gasteiger partial charge in [-0.05, 0) is 12.5 Å². The van der Waals surface area contributed by atoms with Crippen LogP contribution in [0.4, 0.5) is 4.79 Å². The van der Waals surface area contributed by atoms with Gasteiger partial charge >= 0.3 is 12.1 Å². The van der Waals surface area contributed by atoms with Crippen LogP contribution in [-0.4, -0.2) is 55.7 Å². The van der Waals surface area contributed by atoms with Crippen molar-refractivity contribution >= 4 is 18.0 Å². The Morgan fingerprint density at radius 2 is 1.76 bits per heavy atom. The fourth-order valence-electron chi connectivity index (χ4n) is 1.84. The maximum Gasteiger partial charge on any atom is 0.408 e. The summed E-state index contributed by atoms with van der Waals surface area (Å²) in [5, 5.41) is 14.2. The first kappa shape index (κ1) is 20.4. The van der Waals surface area contributed by atoms with Crippen LogP contribution in [0.5, 0.6) is 0 Å². The topological polar surface area (TPSA) is 123 Å². The summed E-state index contributed by atoms with van der Waals surface area (Å²) in [7, 11) is 2.33. The summed E-state index contributed by atoms with van der Waals surface area (Å²) >= 11 is 0. The molecule has 0 saturated carbocycles. The monoisotopic (exact) mass is 354 g/mol. The molecule has 0 aliphatic carbocycles. The van der Waals surface area contributed by atoms with Crippen molar-refractivity contribution in [2.24, 2.45) is 0 Å². The highest BCUT2D eigenvalue weighted by molar-refractivity contribution is 5.89. The quantitative estimate of drug-likeness (QED) is 0.441. The zero-order valence-electron chi connectivity index (χ0n) is 14.2. The van der Waals surface area contributed by atoms with Gasteiger partial charge in [-0.2, -0.15) is 0 Å². The first-order valence-corrected chi connectivity index (χ1v) is 7.45. The van der Waals surface area contributed by atoms with E-state index in [4.69, 9.17) is 9.47 Å². The molecule has 1 aromatic carbocycles. The lowest BCUT2D eigenvalue weighted by molar-refractivity contribution is -0.157. The van der Waals surface area contributed by atoms with Crippen LogP contribution in [-0.2, 0) is 30.4 Å². The maximum absolute atomic E-state index is 12.2. The van der Waals surface area contributed by atoms with Gasteiger partial charge in [0.05, 0.1) is 13.2 Å². The molecule has 0 saturated heterocycles. The van der Waals surface area contributed by atoms with E-state index in [1.165, 1.54) is 14.0 Å². The Morgan fingerprint density at radius 3 is 2.28 bits per heavy atom. The summed E-state index contributed by atoms with van der Waals surface area (Å²) in [6, 6.07) is 7.61. The van der Waals surface area contributed by atoms with Crippen molar-refractivity contribution in [3.8, 4) is 0 Å². The molecule has 0 fully saturated rings. The fraction of sp³-hybridized carbons (Fsp3) is 0.438. The van der Waals surface area contributed by atoms with E-state index in [1.54, 1.807) is 24.3 Å². The Labute approximate surface area is 145 Å². The molecule has 0 heterocycles. The summed E-state index contributed by atoms with van der Waals surface area (Å²) < 4.78 is 14.2. The van der Waals surface area contributed by atoms with Crippen LogP contribution in [0.2, 0.25) is 0 Å². The molecule has 9 heteroatoms. The van der Waals surface area contributed by atoms with Crippen LogP contribution >= 0.6 is 0 Å². The first-order valence-electron chi connectivity index (χ1n) is 7.45. The Hall–Kier alpha value is -2.65. The third-order valence-corrected chi connectivity index (χ3v) is 3.18. The number of rotatable bonds is 8. The molecular weight excluding hydrogens is 332 g/mol. The van der Waals surface area contributed by atoms with E-state index in [-0.39, 0.29) is 6.61 Å². The number of alkyl carbamates (subject to hydrolysis) is 1. The van der Waals surface area contributed by atoms with Gasteiger partial charge in [0, 0.05) is 7.11 Å². The van der Waals surface area contributed by atoms with Gasteiger partial charge in [0.2, 0.25) is 12.1 Å². The van der Waals surface area contributed by atoms with Gasteiger partial charge in [0.15, 0.2) is 0 Å². The number of hydrogen-bond donors (Lipinski definition) is 3. The van der Waals surface area contributed by atoms with E-state index in [2.05, 4.69) is 15.4 Å². The molecule has 138 valence electrons. The normalized spacial score (nSPS) is 13.9. The van der Waals surface area contributed by atoms with Crippen LogP contribution in [0.25, 0.3) is 0 Å². The molecule has 0 radical (unpaired) electrons. The number of hydrogen-bond acceptors (Lipinski definition) is 7. The number of aliphatic hydroxyl groups is 1. The zero-order chi connectivity index (χ0) is 18.8. The highest BCUT2D eigenvalue weighted by atomic mass is 16.6. The lowest BCUT2D eigenvalue weighted by Gasteiger charge is -2.23. The van der Waals surface area contributed by atoms with Gasteiger partial charge in [-0.3, -0.25) is 4.79 Å². The molecule has 0 spiro atoms. The number of amides is 2. The van der Waals surface area contributed by atoms with Crippen molar-refractivity contribution in [2.45, 2.75) is 31.9 Å². The minimum Gasteiger partial charge on any atom is -0.466 e. The molecule has 0 aliphatic rings. The van der Waals surface area contributed by atoms with Crippen LogP contribution in [0.15, 0.2) is 30.3 Å². The minimum absolute atomic E-state index is 0.00365. The van der Waals surface area contributed by atoms with Gasteiger partial charge in [-0.25, -0.2) is 9.59 Å². The molecule has 0 bridgehead atoms. The second-order valence-electron chi connectivity index (χ2n) is 5.07. The van der Waals surface area contributed by atoms with E-state index in [0.29, 0.717) is 0 Å². The highest BCUT2D eigenvalue weighted by Crippen LogP contribution is 2.02. The molecule has 1 rings (SSSR count). The van der Waals surface area contributed by atoms with E-state index < -0.39 is 36.3 Å². The SMILES string of the molecule is COC(=O)[C@H](NC(=O)[C@@H](NC(=O)OCc1ccccc1)[C@@H](C)O)OC. The summed E-state index contributed by atoms with van der Waals surface area (Å²) in [6.45, 7) is 1.31. The number of benzene rings is 1. The van der Waals surface area contributed by atoms with Gasteiger partial charge in [0.25, 0.3) is 0 Å². The van der Waals surface area contributed by atoms with E-state index in [0.717, 1.165) is 12.7 Å². The number of methoxy groups -OCH3 is 2.